The van der Waals surface area contributed by atoms with Crippen LogP contribution in [0.2, 0.25) is 0 Å². The molecule has 0 aliphatic heterocycles. The van der Waals surface area contributed by atoms with Gasteiger partial charge in [-0.15, -0.1) is 0 Å². The Hall–Kier alpha value is -2.15. The fraction of sp³-hybridized carbons (Fsp3) is 0.471. The SMILES string of the molecule is COc1nccnc1OC1CCC(NC(=O)Cc2ccsc2)CC1. The molecule has 1 aliphatic carbocycles. The van der Waals surface area contributed by atoms with Crippen LogP contribution in [0.5, 0.6) is 11.8 Å². The molecule has 0 unspecified atom stereocenters. The van der Waals surface area contributed by atoms with Crippen LogP contribution >= 0.6 is 11.3 Å². The number of carbonyl (C=O) groups is 1. The molecule has 0 spiro atoms. The van der Waals surface area contributed by atoms with Gasteiger partial charge in [-0.05, 0) is 48.1 Å². The minimum absolute atomic E-state index is 0.0839. The highest BCUT2D eigenvalue weighted by atomic mass is 32.1. The van der Waals surface area contributed by atoms with Crippen LogP contribution in [-0.4, -0.2) is 35.1 Å². The first-order valence-corrected chi connectivity index (χ1v) is 9.01. The molecule has 1 saturated carbocycles. The van der Waals surface area contributed by atoms with Crippen LogP contribution in [0, 0.1) is 0 Å². The van der Waals surface area contributed by atoms with Crippen molar-refractivity contribution in [2.75, 3.05) is 7.11 Å². The number of methoxy groups -OCH3 is 1. The summed E-state index contributed by atoms with van der Waals surface area (Å²) in [4.78, 5) is 20.3. The van der Waals surface area contributed by atoms with E-state index < -0.39 is 0 Å². The molecular weight excluding hydrogens is 326 g/mol. The van der Waals surface area contributed by atoms with Gasteiger partial charge in [0.25, 0.3) is 11.8 Å². The fourth-order valence-electron chi connectivity index (χ4n) is 2.87. The summed E-state index contributed by atoms with van der Waals surface area (Å²) < 4.78 is 11.1. The number of nitrogens with one attached hydrogen (secondary N) is 1. The molecule has 1 amide bonds. The molecule has 0 radical (unpaired) electrons. The number of ether oxygens (including phenoxy) is 2. The van der Waals surface area contributed by atoms with E-state index in [-0.39, 0.29) is 18.1 Å². The van der Waals surface area contributed by atoms with Crippen LogP contribution in [0.4, 0.5) is 0 Å². The van der Waals surface area contributed by atoms with Gasteiger partial charge in [-0.25, -0.2) is 9.97 Å². The van der Waals surface area contributed by atoms with E-state index in [2.05, 4.69) is 15.3 Å². The van der Waals surface area contributed by atoms with Gasteiger partial charge < -0.3 is 14.8 Å². The molecule has 1 aliphatic rings. The number of aromatic nitrogens is 2. The van der Waals surface area contributed by atoms with Gasteiger partial charge in [0.15, 0.2) is 0 Å². The number of hydrogen-bond acceptors (Lipinski definition) is 6. The van der Waals surface area contributed by atoms with E-state index in [1.807, 2.05) is 16.8 Å². The van der Waals surface area contributed by atoms with Crippen LogP contribution < -0.4 is 14.8 Å². The predicted molar refractivity (Wildman–Crippen MR) is 91.4 cm³/mol. The lowest BCUT2D eigenvalue weighted by molar-refractivity contribution is -0.121. The average molecular weight is 347 g/mol. The molecule has 0 bridgehead atoms. The van der Waals surface area contributed by atoms with Gasteiger partial charge >= 0.3 is 0 Å². The van der Waals surface area contributed by atoms with Crippen molar-refractivity contribution < 1.29 is 14.3 Å². The second-order valence-electron chi connectivity index (χ2n) is 5.84. The summed E-state index contributed by atoms with van der Waals surface area (Å²) in [6, 6.07) is 2.21. The topological polar surface area (TPSA) is 73.3 Å². The Labute approximate surface area is 145 Å². The molecule has 3 rings (SSSR count). The second-order valence-corrected chi connectivity index (χ2v) is 6.62. The van der Waals surface area contributed by atoms with E-state index in [1.54, 1.807) is 30.8 Å². The predicted octanol–water partition coefficient (Wildman–Crippen LogP) is 2.60. The molecule has 2 aromatic rings. The van der Waals surface area contributed by atoms with Crippen molar-refractivity contribution in [1.82, 2.24) is 15.3 Å². The summed E-state index contributed by atoms with van der Waals surface area (Å²) in [5.41, 5.74) is 1.07. The van der Waals surface area contributed by atoms with Crippen molar-refractivity contribution in [3.63, 3.8) is 0 Å². The van der Waals surface area contributed by atoms with E-state index in [0.717, 1.165) is 31.2 Å². The molecule has 0 saturated heterocycles. The number of amides is 1. The largest absolute Gasteiger partial charge is 0.477 e. The first-order chi connectivity index (χ1) is 11.7. The van der Waals surface area contributed by atoms with E-state index in [0.29, 0.717) is 18.2 Å². The van der Waals surface area contributed by atoms with Gasteiger partial charge in [-0.1, -0.05) is 0 Å². The highest BCUT2D eigenvalue weighted by Crippen LogP contribution is 2.27. The van der Waals surface area contributed by atoms with E-state index in [9.17, 15) is 4.79 Å². The second kappa shape index (κ2) is 8.10. The van der Waals surface area contributed by atoms with Crippen molar-refractivity contribution in [2.45, 2.75) is 44.2 Å². The molecule has 2 heterocycles. The van der Waals surface area contributed by atoms with Gasteiger partial charge in [0.05, 0.1) is 13.5 Å². The summed E-state index contributed by atoms with van der Waals surface area (Å²) in [7, 11) is 1.55. The van der Waals surface area contributed by atoms with E-state index in [1.165, 1.54) is 0 Å². The first-order valence-electron chi connectivity index (χ1n) is 8.06. The summed E-state index contributed by atoms with van der Waals surface area (Å²) in [5, 5.41) is 7.13. The van der Waals surface area contributed by atoms with Crippen molar-refractivity contribution >= 4 is 17.2 Å². The Balaban J connectivity index is 1.44. The Bertz CT molecular complexity index is 655. The van der Waals surface area contributed by atoms with Crippen LogP contribution in [0.25, 0.3) is 0 Å². The fourth-order valence-corrected chi connectivity index (χ4v) is 3.54. The molecule has 0 aromatic carbocycles. The highest BCUT2D eigenvalue weighted by Gasteiger charge is 2.25. The monoisotopic (exact) mass is 347 g/mol. The summed E-state index contributed by atoms with van der Waals surface area (Å²) in [5.74, 6) is 0.932. The average Bonchev–Trinajstić information content (AvgIpc) is 3.10. The molecular formula is C17H21N3O3S. The van der Waals surface area contributed by atoms with Gasteiger partial charge in [0, 0.05) is 18.4 Å². The molecule has 1 N–H and O–H groups in total. The van der Waals surface area contributed by atoms with Crippen LogP contribution in [0.1, 0.15) is 31.2 Å². The Morgan fingerprint density at radius 3 is 2.67 bits per heavy atom. The maximum atomic E-state index is 12.1. The zero-order chi connectivity index (χ0) is 16.8. The summed E-state index contributed by atoms with van der Waals surface area (Å²) >= 11 is 1.61. The van der Waals surface area contributed by atoms with Crippen LogP contribution in [-0.2, 0) is 11.2 Å². The van der Waals surface area contributed by atoms with Crippen molar-refractivity contribution in [2.24, 2.45) is 0 Å². The number of hydrogen-bond donors (Lipinski definition) is 1. The molecule has 6 nitrogen and oxygen atoms in total. The van der Waals surface area contributed by atoms with Crippen molar-refractivity contribution in [3.05, 3.63) is 34.8 Å². The van der Waals surface area contributed by atoms with Gasteiger partial charge in [-0.2, -0.15) is 11.3 Å². The smallest absolute Gasteiger partial charge is 0.278 e. The molecule has 2 aromatic heterocycles. The lowest BCUT2D eigenvalue weighted by atomic mass is 9.93. The van der Waals surface area contributed by atoms with Crippen molar-refractivity contribution in [1.29, 1.82) is 0 Å². The van der Waals surface area contributed by atoms with Gasteiger partial charge in [-0.3, -0.25) is 4.79 Å². The lowest BCUT2D eigenvalue weighted by Crippen LogP contribution is -2.40. The molecule has 24 heavy (non-hydrogen) atoms. The first kappa shape index (κ1) is 16.7. The maximum Gasteiger partial charge on any atom is 0.278 e. The Kier molecular flexibility index (Phi) is 5.63. The minimum Gasteiger partial charge on any atom is -0.477 e. The third-order valence-electron chi connectivity index (χ3n) is 4.09. The normalized spacial score (nSPS) is 20.4. The quantitative estimate of drug-likeness (QED) is 0.869. The lowest BCUT2D eigenvalue weighted by Gasteiger charge is -2.29. The number of thiophene rings is 1. The maximum absolute atomic E-state index is 12.1. The van der Waals surface area contributed by atoms with Gasteiger partial charge in [0.2, 0.25) is 5.91 Å². The van der Waals surface area contributed by atoms with E-state index in [4.69, 9.17) is 9.47 Å². The highest BCUT2D eigenvalue weighted by molar-refractivity contribution is 7.07. The third kappa shape index (κ3) is 4.44. The van der Waals surface area contributed by atoms with Gasteiger partial charge in [0.1, 0.15) is 6.10 Å². The number of rotatable bonds is 6. The van der Waals surface area contributed by atoms with Crippen molar-refractivity contribution in [3.8, 4) is 11.8 Å². The standard InChI is InChI=1S/C17H21N3O3S/c1-22-16-17(19-8-7-18-16)23-14-4-2-13(3-5-14)20-15(21)10-12-6-9-24-11-12/h6-9,11,13-14H,2-5,10H2,1H3,(H,20,21). The zero-order valence-corrected chi connectivity index (χ0v) is 14.4. The molecule has 0 atom stereocenters. The number of carbonyl (C=O) groups excluding carboxylic acids is 1. The van der Waals surface area contributed by atoms with Crippen LogP contribution in [0.15, 0.2) is 29.2 Å². The molecule has 7 heteroatoms. The molecule has 1 fully saturated rings. The Morgan fingerprint density at radius 1 is 1.25 bits per heavy atom. The van der Waals surface area contributed by atoms with Crippen LogP contribution in [0.3, 0.4) is 0 Å². The zero-order valence-electron chi connectivity index (χ0n) is 13.6. The minimum atomic E-state index is 0.0839. The number of nitrogens with zero attached hydrogens (tertiary/aromatic N) is 2. The summed E-state index contributed by atoms with van der Waals surface area (Å²) in [6.07, 6.45) is 7.27. The third-order valence-corrected chi connectivity index (χ3v) is 4.82. The summed E-state index contributed by atoms with van der Waals surface area (Å²) in [6.45, 7) is 0. The molecule has 128 valence electrons. The van der Waals surface area contributed by atoms with E-state index >= 15 is 0 Å². The Morgan fingerprint density at radius 2 is 2.00 bits per heavy atom.